The summed E-state index contributed by atoms with van der Waals surface area (Å²) in [4.78, 5) is 0. The Labute approximate surface area is 104 Å². The zero-order valence-corrected chi connectivity index (χ0v) is 10.9. The zero-order chi connectivity index (χ0) is 12.9. The summed E-state index contributed by atoms with van der Waals surface area (Å²) < 4.78 is 5.48. The second kappa shape index (κ2) is 6.15. The molecule has 1 aromatic rings. The summed E-state index contributed by atoms with van der Waals surface area (Å²) in [5.74, 6) is 0. The van der Waals surface area contributed by atoms with Crippen molar-refractivity contribution in [2.24, 2.45) is 5.73 Å². The van der Waals surface area contributed by atoms with Crippen LogP contribution in [0.25, 0.3) is 0 Å². The molecule has 0 aliphatic heterocycles. The van der Waals surface area contributed by atoms with Gasteiger partial charge in [0, 0.05) is 6.54 Å². The number of hydrogen-bond acceptors (Lipinski definition) is 3. The summed E-state index contributed by atoms with van der Waals surface area (Å²) in [5.41, 5.74) is 8.17. The third-order valence-corrected chi connectivity index (χ3v) is 2.77. The van der Waals surface area contributed by atoms with Crippen molar-refractivity contribution in [3.63, 3.8) is 0 Å². The van der Waals surface area contributed by atoms with Crippen molar-refractivity contribution in [3.8, 4) is 0 Å². The van der Waals surface area contributed by atoms with E-state index in [1.165, 1.54) is 5.56 Å². The van der Waals surface area contributed by atoms with Crippen LogP contribution in [0, 0.1) is 0 Å². The molecule has 1 aromatic carbocycles. The highest BCUT2D eigenvalue weighted by Crippen LogP contribution is 2.24. The molecule has 0 fully saturated rings. The molecule has 0 aliphatic rings. The molecule has 0 amide bonds. The van der Waals surface area contributed by atoms with Gasteiger partial charge in [0.15, 0.2) is 0 Å². The Bertz CT molecular complexity index is 327. The maximum atomic E-state index is 8.74. The number of benzene rings is 1. The fraction of sp³-hybridized carbons (Fsp3) is 0.571. The summed E-state index contributed by atoms with van der Waals surface area (Å²) in [6, 6.07) is 8.32. The molecule has 0 bridgehead atoms. The Morgan fingerprint density at radius 2 is 1.82 bits per heavy atom. The lowest BCUT2D eigenvalue weighted by Crippen LogP contribution is -2.18. The number of aliphatic hydroxyl groups excluding tert-OH is 1. The van der Waals surface area contributed by atoms with E-state index in [9.17, 15) is 0 Å². The molecular formula is C14H23NO2. The molecule has 3 nitrogen and oxygen atoms in total. The van der Waals surface area contributed by atoms with E-state index in [0.717, 1.165) is 5.56 Å². The van der Waals surface area contributed by atoms with Crippen LogP contribution in [0.4, 0.5) is 0 Å². The standard InChI is InChI=1S/C14H23NO2/c1-14(2,3)12-6-4-11(5-7-12)13(10-15)17-9-8-16/h4-7,13,16H,8-10,15H2,1-3H3. The van der Waals surface area contributed by atoms with Gasteiger partial charge >= 0.3 is 0 Å². The van der Waals surface area contributed by atoms with Gasteiger partial charge in [-0.15, -0.1) is 0 Å². The molecule has 0 saturated heterocycles. The molecule has 0 heterocycles. The lowest BCUT2D eigenvalue weighted by Gasteiger charge is -2.21. The van der Waals surface area contributed by atoms with Crippen LogP contribution >= 0.6 is 0 Å². The SMILES string of the molecule is CC(C)(C)c1ccc(C(CN)OCCO)cc1. The predicted molar refractivity (Wildman–Crippen MR) is 70.0 cm³/mol. The first-order valence-electron chi connectivity index (χ1n) is 6.02. The molecule has 0 aliphatic carbocycles. The third kappa shape index (κ3) is 4.11. The molecular weight excluding hydrogens is 214 g/mol. The van der Waals surface area contributed by atoms with E-state index < -0.39 is 0 Å². The van der Waals surface area contributed by atoms with Crippen LogP contribution in [0.1, 0.15) is 38.0 Å². The van der Waals surface area contributed by atoms with Gasteiger partial charge in [-0.2, -0.15) is 0 Å². The van der Waals surface area contributed by atoms with Crippen LogP contribution in [-0.4, -0.2) is 24.9 Å². The fourth-order valence-electron chi connectivity index (χ4n) is 1.69. The molecule has 17 heavy (non-hydrogen) atoms. The molecule has 1 unspecified atom stereocenters. The minimum atomic E-state index is -0.129. The van der Waals surface area contributed by atoms with Crippen molar-refractivity contribution in [1.29, 1.82) is 0 Å². The number of ether oxygens (including phenoxy) is 1. The van der Waals surface area contributed by atoms with Crippen LogP contribution in [-0.2, 0) is 10.2 Å². The number of hydrogen-bond donors (Lipinski definition) is 2. The van der Waals surface area contributed by atoms with E-state index in [2.05, 4.69) is 45.0 Å². The van der Waals surface area contributed by atoms with E-state index in [4.69, 9.17) is 15.6 Å². The maximum Gasteiger partial charge on any atom is 0.0948 e. The Balaban J connectivity index is 2.78. The van der Waals surface area contributed by atoms with Gasteiger partial charge in [0.2, 0.25) is 0 Å². The van der Waals surface area contributed by atoms with Gasteiger partial charge in [0.1, 0.15) is 0 Å². The molecule has 1 atom stereocenters. The Morgan fingerprint density at radius 3 is 2.24 bits per heavy atom. The van der Waals surface area contributed by atoms with E-state index >= 15 is 0 Å². The Morgan fingerprint density at radius 1 is 1.24 bits per heavy atom. The summed E-state index contributed by atoms with van der Waals surface area (Å²) in [5, 5.41) is 8.74. The minimum Gasteiger partial charge on any atom is -0.394 e. The summed E-state index contributed by atoms with van der Waals surface area (Å²) >= 11 is 0. The van der Waals surface area contributed by atoms with Crippen LogP contribution in [0.3, 0.4) is 0 Å². The highest BCUT2D eigenvalue weighted by atomic mass is 16.5. The highest BCUT2D eigenvalue weighted by Gasteiger charge is 2.15. The molecule has 0 spiro atoms. The Kier molecular flexibility index (Phi) is 5.12. The first-order chi connectivity index (χ1) is 7.99. The quantitative estimate of drug-likeness (QED) is 0.823. The zero-order valence-electron chi connectivity index (χ0n) is 10.9. The average Bonchev–Trinajstić information content (AvgIpc) is 2.29. The summed E-state index contributed by atoms with van der Waals surface area (Å²) in [7, 11) is 0. The average molecular weight is 237 g/mol. The van der Waals surface area contributed by atoms with Gasteiger partial charge in [-0.1, -0.05) is 45.0 Å². The summed E-state index contributed by atoms with van der Waals surface area (Å²) in [6.07, 6.45) is -0.129. The van der Waals surface area contributed by atoms with Crippen molar-refractivity contribution in [1.82, 2.24) is 0 Å². The molecule has 96 valence electrons. The van der Waals surface area contributed by atoms with Gasteiger partial charge in [-0.25, -0.2) is 0 Å². The number of nitrogens with two attached hydrogens (primary N) is 1. The predicted octanol–water partition coefficient (Wildman–Crippen LogP) is 1.99. The largest absolute Gasteiger partial charge is 0.394 e. The topological polar surface area (TPSA) is 55.5 Å². The summed E-state index contributed by atoms with van der Waals surface area (Å²) in [6.45, 7) is 7.33. The maximum absolute atomic E-state index is 8.74. The fourth-order valence-corrected chi connectivity index (χ4v) is 1.69. The molecule has 1 rings (SSSR count). The van der Waals surface area contributed by atoms with Gasteiger partial charge in [0.25, 0.3) is 0 Å². The van der Waals surface area contributed by atoms with Crippen LogP contribution in [0.2, 0.25) is 0 Å². The monoisotopic (exact) mass is 237 g/mol. The third-order valence-electron chi connectivity index (χ3n) is 2.77. The van der Waals surface area contributed by atoms with E-state index in [1.54, 1.807) is 0 Å². The second-order valence-electron chi connectivity index (χ2n) is 5.19. The van der Waals surface area contributed by atoms with Gasteiger partial charge in [-0.05, 0) is 16.5 Å². The lowest BCUT2D eigenvalue weighted by molar-refractivity contribution is 0.0328. The van der Waals surface area contributed by atoms with E-state index in [-0.39, 0.29) is 18.1 Å². The smallest absolute Gasteiger partial charge is 0.0948 e. The van der Waals surface area contributed by atoms with Crippen molar-refractivity contribution in [2.75, 3.05) is 19.8 Å². The highest BCUT2D eigenvalue weighted by molar-refractivity contribution is 5.28. The van der Waals surface area contributed by atoms with Crippen LogP contribution in [0.5, 0.6) is 0 Å². The minimum absolute atomic E-state index is 0.0244. The lowest BCUT2D eigenvalue weighted by atomic mass is 9.86. The first-order valence-corrected chi connectivity index (χ1v) is 6.02. The molecule has 0 aromatic heterocycles. The molecule has 3 N–H and O–H groups in total. The van der Waals surface area contributed by atoms with Gasteiger partial charge in [-0.3, -0.25) is 0 Å². The second-order valence-corrected chi connectivity index (χ2v) is 5.19. The van der Waals surface area contributed by atoms with Crippen molar-refractivity contribution < 1.29 is 9.84 Å². The molecule has 0 saturated carbocycles. The van der Waals surface area contributed by atoms with Crippen LogP contribution < -0.4 is 5.73 Å². The first kappa shape index (κ1) is 14.2. The number of rotatable bonds is 5. The van der Waals surface area contributed by atoms with Crippen LogP contribution in [0.15, 0.2) is 24.3 Å². The van der Waals surface area contributed by atoms with E-state index in [1.807, 2.05) is 0 Å². The molecule has 3 heteroatoms. The van der Waals surface area contributed by atoms with Crippen molar-refractivity contribution in [3.05, 3.63) is 35.4 Å². The van der Waals surface area contributed by atoms with Crippen molar-refractivity contribution >= 4 is 0 Å². The normalized spacial score (nSPS) is 13.7. The van der Waals surface area contributed by atoms with Gasteiger partial charge < -0.3 is 15.6 Å². The van der Waals surface area contributed by atoms with Crippen molar-refractivity contribution in [2.45, 2.75) is 32.3 Å². The van der Waals surface area contributed by atoms with E-state index in [0.29, 0.717) is 13.2 Å². The molecule has 0 radical (unpaired) electrons. The van der Waals surface area contributed by atoms with Gasteiger partial charge in [0.05, 0.1) is 19.3 Å². The number of aliphatic hydroxyl groups is 1. The Hall–Kier alpha value is -0.900.